The minimum Gasteiger partial charge on any atom is -0.489 e. The topological polar surface area (TPSA) is 68.8 Å². The van der Waals surface area contributed by atoms with E-state index in [9.17, 15) is 4.79 Å². The first-order valence-electron chi connectivity index (χ1n) is 8.86. The molecule has 2 amide bonds. The van der Waals surface area contributed by atoms with Gasteiger partial charge in [-0.25, -0.2) is 4.79 Å². The molecule has 1 aliphatic heterocycles. The van der Waals surface area contributed by atoms with Gasteiger partial charge in [0.1, 0.15) is 12.4 Å². The summed E-state index contributed by atoms with van der Waals surface area (Å²) in [6.07, 6.45) is 2.41. The van der Waals surface area contributed by atoms with Crippen molar-refractivity contribution in [2.75, 3.05) is 12.1 Å². The van der Waals surface area contributed by atoms with Crippen molar-refractivity contribution in [1.29, 1.82) is 0 Å². The highest BCUT2D eigenvalue weighted by atomic mass is 16.7. The monoisotopic (exact) mass is 354 g/mol. The summed E-state index contributed by atoms with van der Waals surface area (Å²) in [5.74, 6) is 2.76. The molecule has 2 aromatic carbocycles. The molecule has 1 saturated carbocycles. The Labute approximate surface area is 152 Å². The molecule has 6 heteroatoms. The second kappa shape index (κ2) is 7.15. The van der Waals surface area contributed by atoms with Crippen LogP contribution in [-0.4, -0.2) is 18.9 Å². The number of nitrogens with one attached hydrogen (secondary N) is 2. The van der Waals surface area contributed by atoms with Gasteiger partial charge in [0, 0.05) is 17.8 Å². The van der Waals surface area contributed by atoms with E-state index < -0.39 is 0 Å². The van der Waals surface area contributed by atoms with Crippen LogP contribution >= 0.6 is 0 Å². The van der Waals surface area contributed by atoms with Crippen LogP contribution in [0.2, 0.25) is 0 Å². The zero-order valence-electron chi connectivity index (χ0n) is 14.7. The highest BCUT2D eigenvalue weighted by molar-refractivity contribution is 5.89. The fourth-order valence-corrected chi connectivity index (χ4v) is 2.96. The standard InChI is InChI=1S/C20H22N2O4/c1-13(15-5-6-15)21-20(23)22-16-4-2-3-14(9-16)11-24-17-7-8-18-19(10-17)26-12-25-18/h2-4,7-10,13,15H,5-6,11-12H2,1H3,(H2,21,22,23). The average molecular weight is 354 g/mol. The fourth-order valence-electron chi connectivity index (χ4n) is 2.96. The molecule has 136 valence electrons. The summed E-state index contributed by atoms with van der Waals surface area (Å²) in [7, 11) is 0. The maximum atomic E-state index is 12.1. The Morgan fingerprint density at radius 2 is 2.04 bits per heavy atom. The first kappa shape index (κ1) is 16.6. The van der Waals surface area contributed by atoms with Gasteiger partial charge in [-0.3, -0.25) is 0 Å². The molecule has 0 spiro atoms. The van der Waals surface area contributed by atoms with E-state index >= 15 is 0 Å². The van der Waals surface area contributed by atoms with E-state index in [2.05, 4.69) is 10.6 Å². The van der Waals surface area contributed by atoms with Gasteiger partial charge in [0.05, 0.1) is 0 Å². The van der Waals surface area contributed by atoms with Crippen molar-refractivity contribution < 1.29 is 19.0 Å². The van der Waals surface area contributed by atoms with Crippen LogP contribution in [0.5, 0.6) is 17.2 Å². The summed E-state index contributed by atoms with van der Waals surface area (Å²) in [6, 6.07) is 13.2. The van der Waals surface area contributed by atoms with Gasteiger partial charge in [-0.05, 0) is 55.5 Å². The Bertz CT molecular complexity index is 804. The van der Waals surface area contributed by atoms with Crippen LogP contribution in [0.4, 0.5) is 10.5 Å². The molecule has 1 heterocycles. The molecule has 6 nitrogen and oxygen atoms in total. The van der Waals surface area contributed by atoms with E-state index in [0.29, 0.717) is 24.0 Å². The molecule has 1 aliphatic carbocycles. The summed E-state index contributed by atoms with van der Waals surface area (Å²) in [5, 5.41) is 5.87. The zero-order valence-corrected chi connectivity index (χ0v) is 14.7. The molecule has 1 unspecified atom stereocenters. The van der Waals surface area contributed by atoms with Crippen molar-refractivity contribution in [3.05, 3.63) is 48.0 Å². The molecule has 1 atom stereocenters. The van der Waals surface area contributed by atoms with Crippen LogP contribution in [0.25, 0.3) is 0 Å². The molecule has 2 aromatic rings. The lowest BCUT2D eigenvalue weighted by Crippen LogP contribution is -2.37. The van der Waals surface area contributed by atoms with Crippen molar-refractivity contribution in [3.8, 4) is 17.2 Å². The number of carbonyl (C=O) groups is 1. The van der Waals surface area contributed by atoms with Gasteiger partial charge in [-0.15, -0.1) is 0 Å². The highest BCUT2D eigenvalue weighted by Gasteiger charge is 2.28. The third-order valence-corrected chi connectivity index (χ3v) is 4.62. The van der Waals surface area contributed by atoms with Crippen LogP contribution in [0.15, 0.2) is 42.5 Å². The van der Waals surface area contributed by atoms with E-state index in [1.807, 2.05) is 49.4 Å². The third kappa shape index (κ3) is 4.02. The number of hydrogen-bond donors (Lipinski definition) is 2. The lowest BCUT2D eigenvalue weighted by atomic mass is 10.2. The molecular formula is C20H22N2O4. The highest BCUT2D eigenvalue weighted by Crippen LogP contribution is 2.35. The Morgan fingerprint density at radius 3 is 2.88 bits per heavy atom. The maximum Gasteiger partial charge on any atom is 0.319 e. The van der Waals surface area contributed by atoms with Crippen molar-refractivity contribution in [2.45, 2.75) is 32.4 Å². The van der Waals surface area contributed by atoms with Crippen molar-refractivity contribution >= 4 is 11.7 Å². The molecule has 0 bridgehead atoms. The molecule has 0 saturated heterocycles. The van der Waals surface area contributed by atoms with Crippen LogP contribution < -0.4 is 24.8 Å². The lowest BCUT2D eigenvalue weighted by Gasteiger charge is -2.14. The second-order valence-corrected chi connectivity index (χ2v) is 6.73. The zero-order chi connectivity index (χ0) is 17.9. The molecule has 2 aliphatic rings. The van der Waals surface area contributed by atoms with E-state index in [-0.39, 0.29) is 18.9 Å². The SMILES string of the molecule is CC(NC(=O)Nc1cccc(COc2ccc3c(c2)OCO3)c1)C1CC1. The first-order valence-corrected chi connectivity index (χ1v) is 8.86. The molecule has 4 rings (SSSR count). The van der Waals surface area contributed by atoms with Gasteiger partial charge >= 0.3 is 6.03 Å². The minimum atomic E-state index is -0.168. The van der Waals surface area contributed by atoms with E-state index in [4.69, 9.17) is 14.2 Å². The van der Waals surface area contributed by atoms with Crippen LogP contribution in [0.1, 0.15) is 25.3 Å². The van der Waals surface area contributed by atoms with Gasteiger partial charge < -0.3 is 24.8 Å². The largest absolute Gasteiger partial charge is 0.489 e. The Balaban J connectivity index is 1.32. The van der Waals surface area contributed by atoms with Gasteiger partial charge in [0.15, 0.2) is 11.5 Å². The Kier molecular flexibility index (Phi) is 4.56. The molecule has 0 aromatic heterocycles. The summed E-state index contributed by atoms with van der Waals surface area (Å²) < 4.78 is 16.5. The third-order valence-electron chi connectivity index (χ3n) is 4.62. The summed E-state index contributed by atoms with van der Waals surface area (Å²) >= 11 is 0. The smallest absolute Gasteiger partial charge is 0.319 e. The number of hydrogen-bond acceptors (Lipinski definition) is 4. The minimum absolute atomic E-state index is 0.168. The second-order valence-electron chi connectivity index (χ2n) is 6.73. The fraction of sp³-hybridized carbons (Fsp3) is 0.350. The molecule has 1 fully saturated rings. The van der Waals surface area contributed by atoms with Crippen LogP contribution in [0, 0.1) is 5.92 Å². The average Bonchev–Trinajstić information content (AvgIpc) is 3.38. The van der Waals surface area contributed by atoms with Gasteiger partial charge in [-0.1, -0.05) is 12.1 Å². The number of benzene rings is 2. The van der Waals surface area contributed by atoms with Crippen LogP contribution in [-0.2, 0) is 6.61 Å². The number of urea groups is 1. The number of anilines is 1. The van der Waals surface area contributed by atoms with Crippen LogP contribution in [0.3, 0.4) is 0 Å². The summed E-state index contributed by atoms with van der Waals surface area (Å²) in [6.45, 7) is 2.69. The Hall–Kier alpha value is -2.89. The normalized spacial score (nSPS) is 16.0. The van der Waals surface area contributed by atoms with Crippen molar-refractivity contribution in [1.82, 2.24) is 5.32 Å². The van der Waals surface area contributed by atoms with Crippen molar-refractivity contribution in [3.63, 3.8) is 0 Å². The first-order chi connectivity index (χ1) is 12.7. The van der Waals surface area contributed by atoms with E-state index in [1.165, 1.54) is 12.8 Å². The van der Waals surface area contributed by atoms with Gasteiger partial charge in [-0.2, -0.15) is 0 Å². The lowest BCUT2D eigenvalue weighted by molar-refractivity contribution is 0.173. The number of ether oxygens (including phenoxy) is 3. The maximum absolute atomic E-state index is 12.1. The van der Waals surface area contributed by atoms with Crippen molar-refractivity contribution in [2.24, 2.45) is 5.92 Å². The number of amides is 2. The quantitative estimate of drug-likeness (QED) is 0.825. The van der Waals surface area contributed by atoms with Gasteiger partial charge in [0.25, 0.3) is 0 Å². The molecule has 2 N–H and O–H groups in total. The van der Waals surface area contributed by atoms with E-state index in [1.54, 1.807) is 0 Å². The predicted molar refractivity (Wildman–Crippen MR) is 97.7 cm³/mol. The molecule has 26 heavy (non-hydrogen) atoms. The predicted octanol–water partition coefficient (Wildman–Crippen LogP) is 3.91. The summed E-state index contributed by atoms with van der Waals surface area (Å²) in [5.41, 5.74) is 1.72. The number of fused-ring (bicyclic) bond motifs is 1. The van der Waals surface area contributed by atoms with Gasteiger partial charge in [0.2, 0.25) is 6.79 Å². The number of rotatable bonds is 6. The Morgan fingerprint density at radius 1 is 1.19 bits per heavy atom. The molecule has 0 radical (unpaired) electrons. The molecular weight excluding hydrogens is 332 g/mol. The van der Waals surface area contributed by atoms with E-state index in [0.717, 1.165) is 17.0 Å². The summed E-state index contributed by atoms with van der Waals surface area (Å²) in [4.78, 5) is 12.1. The number of carbonyl (C=O) groups excluding carboxylic acids is 1.